The lowest BCUT2D eigenvalue weighted by atomic mass is 9.84. The standard InChI is InChI=1S/C17H27BrN2/c1-4-9-19-12-14-6-7-16(15(18)11-14)20-10-5-8-17(2,3)13-20/h6-7,11,19H,4-5,8-10,12-13H2,1-3H3. The van der Waals surface area contributed by atoms with E-state index in [0.717, 1.165) is 19.6 Å². The van der Waals surface area contributed by atoms with Crippen molar-refractivity contribution in [2.45, 2.75) is 46.6 Å². The molecule has 0 unspecified atom stereocenters. The minimum absolute atomic E-state index is 0.430. The van der Waals surface area contributed by atoms with Crippen molar-refractivity contribution in [2.75, 3.05) is 24.5 Å². The maximum atomic E-state index is 3.76. The summed E-state index contributed by atoms with van der Waals surface area (Å²) >= 11 is 3.76. The van der Waals surface area contributed by atoms with Gasteiger partial charge in [0.25, 0.3) is 0 Å². The summed E-state index contributed by atoms with van der Waals surface area (Å²) in [5.41, 5.74) is 3.13. The Hall–Kier alpha value is -0.540. The first kappa shape index (κ1) is 15.8. The first-order valence-corrected chi connectivity index (χ1v) is 8.55. The van der Waals surface area contributed by atoms with Crippen LogP contribution >= 0.6 is 15.9 Å². The van der Waals surface area contributed by atoms with Crippen LogP contribution in [-0.4, -0.2) is 19.6 Å². The average Bonchev–Trinajstić information content (AvgIpc) is 2.38. The van der Waals surface area contributed by atoms with E-state index in [2.05, 4.69) is 65.1 Å². The van der Waals surface area contributed by atoms with Crippen LogP contribution in [0.4, 0.5) is 5.69 Å². The molecule has 1 heterocycles. The van der Waals surface area contributed by atoms with Crippen LogP contribution < -0.4 is 10.2 Å². The molecule has 0 atom stereocenters. The van der Waals surface area contributed by atoms with Gasteiger partial charge < -0.3 is 10.2 Å². The number of piperidine rings is 1. The Bertz CT molecular complexity index is 443. The molecule has 3 heteroatoms. The Morgan fingerprint density at radius 2 is 2.15 bits per heavy atom. The summed E-state index contributed by atoms with van der Waals surface area (Å²) in [6, 6.07) is 6.79. The molecule has 0 amide bonds. The second-order valence-electron chi connectivity index (χ2n) is 6.65. The fourth-order valence-electron chi connectivity index (χ4n) is 2.96. The van der Waals surface area contributed by atoms with Crippen molar-refractivity contribution < 1.29 is 0 Å². The highest BCUT2D eigenvalue weighted by Gasteiger charge is 2.27. The Balaban J connectivity index is 2.05. The van der Waals surface area contributed by atoms with Crippen LogP contribution in [0.15, 0.2) is 22.7 Å². The highest BCUT2D eigenvalue weighted by atomic mass is 79.9. The fraction of sp³-hybridized carbons (Fsp3) is 0.647. The first-order valence-electron chi connectivity index (χ1n) is 7.76. The van der Waals surface area contributed by atoms with Crippen LogP contribution in [0.3, 0.4) is 0 Å². The average molecular weight is 339 g/mol. The van der Waals surface area contributed by atoms with Gasteiger partial charge in [-0.25, -0.2) is 0 Å². The second kappa shape index (κ2) is 6.95. The van der Waals surface area contributed by atoms with Crippen LogP contribution in [0.2, 0.25) is 0 Å². The number of hydrogen-bond acceptors (Lipinski definition) is 2. The molecule has 20 heavy (non-hydrogen) atoms. The van der Waals surface area contributed by atoms with Gasteiger partial charge in [0.15, 0.2) is 0 Å². The Morgan fingerprint density at radius 3 is 2.80 bits per heavy atom. The van der Waals surface area contributed by atoms with Gasteiger partial charge in [-0.2, -0.15) is 0 Å². The molecule has 2 nitrogen and oxygen atoms in total. The smallest absolute Gasteiger partial charge is 0.0511 e. The summed E-state index contributed by atoms with van der Waals surface area (Å²) in [5.74, 6) is 0. The highest BCUT2D eigenvalue weighted by Crippen LogP contribution is 2.35. The molecule has 0 saturated carbocycles. The number of halogens is 1. The third kappa shape index (κ3) is 4.23. The minimum Gasteiger partial charge on any atom is -0.370 e. The van der Waals surface area contributed by atoms with Crippen molar-refractivity contribution in [3.8, 4) is 0 Å². The van der Waals surface area contributed by atoms with Gasteiger partial charge in [0.2, 0.25) is 0 Å². The Morgan fingerprint density at radius 1 is 1.35 bits per heavy atom. The van der Waals surface area contributed by atoms with Crippen molar-refractivity contribution >= 4 is 21.6 Å². The third-order valence-corrected chi connectivity index (χ3v) is 4.64. The zero-order valence-corrected chi connectivity index (χ0v) is 14.6. The zero-order chi connectivity index (χ0) is 14.6. The molecule has 1 N–H and O–H groups in total. The predicted molar refractivity (Wildman–Crippen MR) is 91.4 cm³/mol. The van der Waals surface area contributed by atoms with Crippen molar-refractivity contribution in [1.82, 2.24) is 5.32 Å². The van der Waals surface area contributed by atoms with Gasteiger partial charge in [0.05, 0.1) is 5.69 Å². The van der Waals surface area contributed by atoms with Crippen molar-refractivity contribution in [3.63, 3.8) is 0 Å². The van der Waals surface area contributed by atoms with Gasteiger partial charge in [0.1, 0.15) is 0 Å². The molecule has 112 valence electrons. The third-order valence-electron chi connectivity index (χ3n) is 4.01. The summed E-state index contributed by atoms with van der Waals surface area (Å²) in [7, 11) is 0. The van der Waals surface area contributed by atoms with Crippen LogP contribution in [-0.2, 0) is 6.54 Å². The molecule has 1 saturated heterocycles. The van der Waals surface area contributed by atoms with Gasteiger partial charge in [0, 0.05) is 24.1 Å². The summed E-state index contributed by atoms with van der Waals surface area (Å²) in [6.07, 6.45) is 3.81. The van der Waals surface area contributed by atoms with E-state index in [1.165, 1.54) is 41.5 Å². The number of rotatable bonds is 5. The van der Waals surface area contributed by atoms with E-state index >= 15 is 0 Å². The summed E-state index contributed by atoms with van der Waals surface area (Å²) in [6.45, 7) is 11.3. The monoisotopic (exact) mass is 338 g/mol. The molecule has 0 bridgehead atoms. The van der Waals surface area contributed by atoms with Gasteiger partial charge in [-0.1, -0.05) is 26.8 Å². The number of nitrogens with zero attached hydrogens (tertiary/aromatic N) is 1. The molecule has 1 fully saturated rings. The lowest BCUT2D eigenvalue weighted by molar-refractivity contribution is 0.293. The van der Waals surface area contributed by atoms with E-state index in [4.69, 9.17) is 0 Å². The molecule has 2 rings (SSSR count). The number of nitrogens with one attached hydrogen (secondary N) is 1. The highest BCUT2D eigenvalue weighted by molar-refractivity contribution is 9.10. The minimum atomic E-state index is 0.430. The lowest BCUT2D eigenvalue weighted by Gasteiger charge is -2.40. The van der Waals surface area contributed by atoms with Crippen molar-refractivity contribution in [1.29, 1.82) is 0 Å². The van der Waals surface area contributed by atoms with Crippen molar-refractivity contribution in [3.05, 3.63) is 28.2 Å². The first-order chi connectivity index (χ1) is 9.52. The van der Waals surface area contributed by atoms with Crippen LogP contribution in [0.25, 0.3) is 0 Å². The molecule has 1 aromatic carbocycles. The predicted octanol–water partition coefficient (Wildman–Crippen LogP) is 4.58. The van der Waals surface area contributed by atoms with Crippen molar-refractivity contribution in [2.24, 2.45) is 5.41 Å². The fourth-order valence-corrected chi connectivity index (χ4v) is 3.63. The van der Waals surface area contributed by atoms with E-state index in [9.17, 15) is 0 Å². The lowest BCUT2D eigenvalue weighted by Crippen LogP contribution is -2.40. The summed E-state index contributed by atoms with van der Waals surface area (Å²) < 4.78 is 1.23. The maximum absolute atomic E-state index is 3.76. The van der Waals surface area contributed by atoms with Gasteiger partial charge in [-0.15, -0.1) is 0 Å². The van der Waals surface area contributed by atoms with E-state index < -0.39 is 0 Å². The molecule has 1 aliphatic rings. The number of benzene rings is 1. The molecular formula is C17H27BrN2. The zero-order valence-electron chi connectivity index (χ0n) is 13.0. The molecule has 0 radical (unpaired) electrons. The van der Waals surface area contributed by atoms with E-state index in [1.54, 1.807) is 0 Å². The van der Waals surface area contributed by atoms with Gasteiger partial charge in [-0.3, -0.25) is 0 Å². The van der Waals surface area contributed by atoms with Gasteiger partial charge in [-0.05, 0) is 64.8 Å². The van der Waals surface area contributed by atoms with Crippen LogP contribution in [0.1, 0.15) is 45.6 Å². The van der Waals surface area contributed by atoms with Crippen LogP contribution in [0, 0.1) is 5.41 Å². The molecule has 0 spiro atoms. The SMILES string of the molecule is CCCNCc1ccc(N2CCCC(C)(C)C2)c(Br)c1. The van der Waals surface area contributed by atoms with E-state index in [-0.39, 0.29) is 0 Å². The largest absolute Gasteiger partial charge is 0.370 e. The molecule has 1 aromatic rings. The topological polar surface area (TPSA) is 15.3 Å². The van der Waals surface area contributed by atoms with Crippen LogP contribution in [0.5, 0.6) is 0 Å². The summed E-state index contributed by atoms with van der Waals surface area (Å²) in [5, 5.41) is 3.46. The number of anilines is 1. The van der Waals surface area contributed by atoms with E-state index in [1.807, 2.05) is 0 Å². The normalized spacial score (nSPS) is 18.3. The molecule has 0 aliphatic carbocycles. The molecular weight excluding hydrogens is 312 g/mol. The quantitative estimate of drug-likeness (QED) is 0.790. The second-order valence-corrected chi connectivity index (χ2v) is 7.51. The molecule has 0 aromatic heterocycles. The Labute approximate surface area is 132 Å². The molecule has 1 aliphatic heterocycles. The number of hydrogen-bond donors (Lipinski definition) is 1. The van der Waals surface area contributed by atoms with E-state index in [0.29, 0.717) is 5.41 Å². The van der Waals surface area contributed by atoms with Gasteiger partial charge >= 0.3 is 0 Å². The Kier molecular flexibility index (Phi) is 5.50. The maximum Gasteiger partial charge on any atom is 0.0511 e. The summed E-state index contributed by atoms with van der Waals surface area (Å²) in [4.78, 5) is 2.52.